The molecule has 0 radical (unpaired) electrons. The lowest BCUT2D eigenvalue weighted by Gasteiger charge is -2.07. The molecule has 0 bridgehead atoms. The van der Waals surface area contributed by atoms with Gasteiger partial charge in [0.15, 0.2) is 0 Å². The van der Waals surface area contributed by atoms with E-state index in [2.05, 4.69) is 15.9 Å². The number of Topliss-reactive ketones (excluding diaryl/α,β-unsaturated/α-hetero) is 1. The number of ketones is 1. The summed E-state index contributed by atoms with van der Waals surface area (Å²) < 4.78 is 6.08. The van der Waals surface area contributed by atoms with Crippen LogP contribution in [0.2, 0.25) is 5.02 Å². The lowest BCUT2D eigenvalue weighted by Crippen LogP contribution is -2.07. The molecular weight excluding hydrogens is 340 g/mol. The zero-order valence-corrected chi connectivity index (χ0v) is 13.4. The van der Waals surface area contributed by atoms with Gasteiger partial charge in [-0.15, -0.1) is 0 Å². The van der Waals surface area contributed by atoms with Crippen LogP contribution in [0.5, 0.6) is 5.75 Å². The highest BCUT2D eigenvalue weighted by Gasteiger charge is 2.10. The molecule has 2 nitrogen and oxygen atoms in total. The van der Waals surface area contributed by atoms with Crippen LogP contribution in [0, 0.1) is 0 Å². The first-order valence-corrected chi connectivity index (χ1v) is 7.35. The summed E-state index contributed by atoms with van der Waals surface area (Å²) in [6, 6.07) is 13.0. The van der Waals surface area contributed by atoms with E-state index < -0.39 is 0 Å². The molecule has 0 spiro atoms. The molecule has 0 atom stereocenters. The first kappa shape index (κ1) is 15.1. The highest BCUT2D eigenvalue weighted by atomic mass is 79.9. The van der Waals surface area contributed by atoms with E-state index in [-0.39, 0.29) is 5.78 Å². The number of ether oxygens (including phenoxy) is 1. The van der Waals surface area contributed by atoms with Gasteiger partial charge in [-0.25, -0.2) is 0 Å². The molecule has 0 aliphatic heterocycles. The fourth-order valence-corrected chi connectivity index (χ4v) is 2.53. The molecule has 0 fully saturated rings. The largest absolute Gasteiger partial charge is 0.497 e. The van der Waals surface area contributed by atoms with Crippen molar-refractivity contribution in [3.8, 4) is 5.75 Å². The Morgan fingerprint density at radius 2 is 1.85 bits per heavy atom. The Hall–Kier alpha value is -1.32. The molecule has 0 aliphatic carbocycles. The van der Waals surface area contributed by atoms with Crippen molar-refractivity contribution >= 4 is 33.3 Å². The fourth-order valence-electron chi connectivity index (χ4n) is 1.94. The molecule has 0 amide bonds. The number of halogens is 2. The molecule has 2 aromatic rings. The molecule has 4 heteroatoms. The van der Waals surface area contributed by atoms with Crippen molar-refractivity contribution in [2.45, 2.75) is 12.8 Å². The number of hydrogen-bond acceptors (Lipinski definition) is 2. The van der Waals surface area contributed by atoms with E-state index in [0.717, 1.165) is 21.3 Å². The van der Waals surface area contributed by atoms with E-state index in [4.69, 9.17) is 16.3 Å². The number of benzene rings is 2. The first-order valence-electron chi connectivity index (χ1n) is 6.17. The van der Waals surface area contributed by atoms with E-state index >= 15 is 0 Å². The lowest BCUT2D eigenvalue weighted by atomic mass is 10.0. The van der Waals surface area contributed by atoms with Crippen molar-refractivity contribution in [1.29, 1.82) is 0 Å². The predicted molar refractivity (Wildman–Crippen MR) is 84.6 cm³/mol. The second-order valence-corrected chi connectivity index (χ2v) is 5.70. The van der Waals surface area contributed by atoms with Gasteiger partial charge in [0.1, 0.15) is 11.5 Å². The maximum absolute atomic E-state index is 12.2. The van der Waals surface area contributed by atoms with Gasteiger partial charge in [0.05, 0.1) is 7.11 Å². The molecule has 0 saturated heterocycles. The Bertz CT molecular complexity index is 626. The lowest BCUT2D eigenvalue weighted by molar-refractivity contribution is -0.117. The normalized spacial score (nSPS) is 10.3. The molecular formula is C16H14BrClO2. The minimum Gasteiger partial charge on any atom is -0.497 e. The van der Waals surface area contributed by atoms with Gasteiger partial charge >= 0.3 is 0 Å². The van der Waals surface area contributed by atoms with Gasteiger partial charge < -0.3 is 4.74 Å². The Balaban J connectivity index is 2.10. The molecule has 0 saturated carbocycles. The van der Waals surface area contributed by atoms with Gasteiger partial charge in [-0.3, -0.25) is 4.79 Å². The second-order valence-electron chi connectivity index (χ2n) is 4.44. The summed E-state index contributed by atoms with van der Waals surface area (Å²) in [5.41, 5.74) is 1.78. The number of carbonyl (C=O) groups excluding carboxylic acids is 1. The van der Waals surface area contributed by atoms with E-state index in [1.54, 1.807) is 13.2 Å². The van der Waals surface area contributed by atoms with Crippen molar-refractivity contribution in [1.82, 2.24) is 0 Å². The van der Waals surface area contributed by atoms with Gasteiger partial charge in [0, 0.05) is 22.3 Å². The smallest absolute Gasteiger partial charge is 0.141 e. The average molecular weight is 354 g/mol. The van der Waals surface area contributed by atoms with Crippen LogP contribution in [0.4, 0.5) is 0 Å². The average Bonchev–Trinajstić information content (AvgIpc) is 2.44. The third-order valence-corrected chi connectivity index (χ3v) is 4.13. The van der Waals surface area contributed by atoms with Crippen LogP contribution in [0.1, 0.15) is 11.1 Å². The first-order chi connectivity index (χ1) is 9.60. The van der Waals surface area contributed by atoms with E-state index in [1.165, 1.54) is 0 Å². The van der Waals surface area contributed by atoms with Crippen molar-refractivity contribution in [3.05, 3.63) is 63.1 Å². The van der Waals surface area contributed by atoms with Gasteiger partial charge in [-0.2, -0.15) is 0 Å². The van der Waals surface area contributed by atoms with E-state index in [1.807, 2.05) is 36.4 Å². The number of carbonyl (C=O) groups is 1. The van der Waals surface area contributed by atoms with Crippen LogP contribution in [0.25, 0.3) is 0 Å². The van der Waals surface area contributed by atoms with Crippen molar-refractivity contribution in [3.63, 3.8) is 0 Å². The Morgan fingerprint density at radius 3 is 2.55 bits per heavy atom. The van der Waals surface area contributed by atoms with Crippen LogP contribution < -0.4 is 4.74 Å². The van der Waals surface area contributed by atoms with Crippen molar-refractivity contribution in [2.75, 3.05) is 7.11 Å². The molecule has 0 unspecified atom stereocenters. The Kier molecular flexibility index (Phi) is 5.21. The van der Waals surface area contributed by atoms with Gasteiger partial charge in [-0.05, 0) is 35.4 Å². The minimum atomic E-state index is 0.118. The summed E-state index contributed by atoms with van der Waals surface area (Å²) in [7, 11) is 1.61. The Morgan fingerprint density at radius 1 is 1.15 bits per heavy atom. The topological polar surface area (TPSA) is 26.3 Å². The molecule has 20 heavy (non-hydrogen) atoms. The molecule has 0 aromatic heterocycles. The van der Waals surface area contributed by atoms with E-state index in [9.17, 15) is 4.79 Å². The molecule has 2 aromatic carbocycles. The highest BCUT2D eigenvalue weighted by molar-refractivity contribution is 9.10. The molecule has 104 valence electrons. The monoisotopic (exact) mass is 352 g/mol. The standard InChI is InChI=1S/C16H14BrClO2/c1-20-14-6-7-15(17)12(10-14)9-13(19)8-11-4-2-3-5-16(11)18/h2-7,10H,8-9H2,1H3. The SMILES string of the molecule is COc1ccc(Br)c(CC(=O)Cc2ccccc2Cl)c1. The summed E-state index contributed by atoms with van der Waals surface area (Å²) >= 11 is 9.52. The molecule has 0 N–H and O–H groups in total. The summed E-state index contributed by atoms with van der Waals surface area (Å²) in [6.45, 7) is 0. The number of methoxy groups -OCH3 is 1. The van der Waals surface area contributed by atoms with Crippen molar-refractivity contribution in [2.24, 2.45) is 0 Å². The fraction of sp³-hybridized carbons (Fsp3) is 0.188. The summed E-state index contributed by atoms with van der Waals surface area (Å²) in [5, 5.41) is 0.630. The van der Waals surface area contributed by atoms with Crippen LogP contribution in [0.3, 0.4) is 0 Å². The zero-order valence-electron chi connectivity index (χ0n) is 11.0. The van der Waals surface area contributed by atoms with Gasteiger partial charge in [0.2, 0.25) is 0 Å². The molecule has 0 aliphatic rings. The van der Waals surface area contributed by atoms with Crippen molar-refractivity contribution < 1.29 is 9.53 Å². The second kappa shape index (κ2) is 6.91. The molecule has 2 rings (SSSR count). The Labute approximate surface area is 131 Å². The highest BCUT2D eigenvalue weighted by Crippen LogP contribution is 2.24. The summed E-state index contributed by atoms with van der Waals surface area (Å²) in [4.78, 5) is 12.2. The minimum absolute atomic E-state index is 0.118. The number of rotatable bonds is 5. The van der Waals surface area contributed by atoms with Crippen LogP contribution in [-0.4, -0.2) is 12.9 Å². The van der Waals surface area contributed by atoms with Gasteiger partial charge in [-0.1, -0.05) is 45.7 Å². The molecule has 0 heterocycles. The van der Waals surface area contributed by atoms with Gasteiger partial charge in [0.25, 0.3) is 0 Å². The van der Waals surface area contributed by atoms with Crippen LogP contribution in [-0.2, 0) is 17.6 Å². The number of hydrogen-bond donors (Lipinski definition) is 0. The third kappa shape index (κ3) is 3.84. The predicted octanol–water partition coefficient (Wildman–Crippen LogP) is 4.47. The summed E-state index contributed by atoms with van der Waals surface area (Å²) in [5.74, 6) is 0.862. The summed E-state index contributed by atoms with van der Waals surface area (Å²) in [6.07, 6.45) is 0.687. The zero-order chi connectivity index (χ0) is 14.5. The quantitative estimate of drug-likeness (QED) is 0.793. The van der Waals surface area contributed by atoms with Crippen LogP contribution >= 0.6 is 27.5 Å². The van der Waals surface area contributed by atoms with E-state index in [0.29, 0.717) is 17.9 Å². The maximum Gasteiger partial charge on any atom is 0.141 e. The third-order valence-electron chi connectivity index (χ3n) is 2.99. The maximum atomic E-state index is 12.2. The van der Waals surface area contributed by atoms with Crippen LogP contribution in [0.15, 0.2) is 46.9 Å².